The van der Waals surface area contributed by atoms with E-state index >= 15 is 0 Å². The number of benzene rings is 3. The van der Waals surface area contributed by atoms with E-state index in [0.717, 1.165) is 17.0 Å². The Balaban J connectivity index is 1.57. The molecule has 3 aromatic rings. The minimum Gasteiger partial charge on any atom is -0.496 e. The third-order valence-electron chi connectivity index (χ3n) is 6.50. The van der Waals surface area contributed by atoms with Gasteiger partial charge in [0.25, 0.3) is 0 Å². The van der Waals surface area contributed by atoms with Crippen molar-refractivity contribution in [1.29, 1.82) is 0 Å². The molecule has 13 heteroatoms. The SMILES string of the molecule is COc1ccc(Cl)cc1C[C@@H]1CN=C(NOc2cc(F)cc(F)c2)CN(C(=O)N[C@H](C)c2ccc(C(=O)O)cc2)C1=O. The Labute approximate surface area is 244 Å². The molecule has 2 atom stereocenters. The Hall–Kier alpha value is -4.71. The number of nitrogens with zero attached hydrogens (tertiary/aromatic N) is 2. The molecule has 0 fully saturated rings. The van der Waals surface area contributed by atoms with Crippen LogP contribution in [0.3, 0.4) is 0 Å². The first kappa shape index (κ1) is 30.3. The molecule has 1 heterocycles. The minimum atomic E-state index is -1.08. The molecule has 1 aliphatic rings. The van der Waals surface area contributed by atoms with Crippen LogP contribution in [0.15, 0.2) is 65.7 Å². The number of ether oxygens (including phenoxy) is 1. The normalized spacial score (nSPS) is 15.7. The van der Waals surface area contributed by atoms with Crippen molar-refractivity contribution in [3.63, 3.8) is 0 Å². The minimum absolute atomic E-state index is 0.0479. The predicted octanol–water partition coefficient (Wildman–Crippen LogP) is 4.78. The molecular weight excluding hydrogens is 574 g/mol. The molecule has 3 amide bonds. The van der Waals surface area contributed by atoms with Crippen LogP contribution in [-0.2, 0) is 11.2 Å². The van der Waals surface area contributed by atoms with Crippen LogP contribution in [-0.4, -0.2) is 53.9 Å². The summed E-state index contributed by atoms with van der Waals surface area (Å²) < 4.78 is 32.6. The Morgan fingerprint density at radius 1 is 1.12 bits per heavy atom. The Morgan fingerprint density at radius 2 is 1.81 bits per heavy atom. The number of hydrogen-bond donors (Lipinski definition) is 3. The molecule has 42 heavy (non-hydrogen) atoms. The van der Waals surface area contributed by atoms with Gasteiger partial charge in [-0.3, -0.25) is 14.7 Å². The van der Waals surface area contributed by atoms with Crippen LogP contribution in [0.25, 0.3) is 0 Å². The maximum absolute atomic E-state index is 13.7. The number of nitrogens with one attached hydrogen (secondary N) is 2. The van der Waals surface area contributed by atoms with E-state index in [-0.39, 0.29) is 36.7 Å². The fraction of sp³-hybridized carbons (Fsp3) is 0.241. The molecule has 220 valence electrons. The molecule has 0 aromatic heterocycles. The number of carbonyl (C=O) groups is 3. The van der Waals surface area contributed by atoms with Gasteiger partial charge in [0.15, 0.2) is 11.6 Å². The number of urea groups is 1. The van der Waals surface area contributed by atoms with Crippen LogP contribution in [0.2, 0.25) is 5.02 Å². The van der Waals surface area contributed by atoms with Crippen molar-refractivity contribution in [2.45, 2.75) is 19.4 Å². The number of hydrogen-bond acceptors (Lipinski definition) is 7. The van der Waals surface area contributed by atoms with Crippen molar-refractivity contribution in [3.8, 4) is 11.5 Å². The summed E-state index contributed by atoms with van der Waals surface area (Å²) in [5.74, 6) is -3.76. The lowest BCUT2D eigenvalue weighted by Gasteiger charge is -2.25. The Morgan fingerprint density at radius 3 is 2.45 bits per heavy atom. The lowest BCUT2D eigenvalue weighted by Crippen LogP contribution is -2.50. The molecular formula is C29H27ClF2N4O6. The molecule has 10 nitrogen and oxygen atoms in total. The summed E-state index contributed by atoms with van der Waals surface area (Å²) in [4.78, 5) is 49.0. The van der Waals surface area contributed by atoms with Gasteiger partial charge in [0.2, 0.25) is 5.91 Å². The standard InChI is InChI=1S/C29H27ClF2N4O6/c1-16(17-3-5-18(6-4-17)28(38)39)34-29(40)36-15-26(35-42-24-12-22(31)11-23(32)13-24)33-14-20(27(36)37)9-19-10-21(30)7-8-25(19)41-2/h3-8,10-13,16,20H,9,14-15H2,1-2H3,(H,33,35)(H,34,40)(H,38,39)/t16-,20-/m1/s1. The summed E-state index contributed by atoms with van der Waals surface area (Å²) >= 11 is 6.17. The highest BCUT2D eigenvalue weighted by Crippen LogP contribution is 2.27. The summed E-state index contributed by atoms with van der Waals surface area (Å²) in [6.07, 6.45) is 0.144. The van der Waals surface area contributed by atoms with Crippen LogP contribution in [0.5, 0.6) is 11.5 Å². The second kappa shape index (κ2) is 13.3. The summed E-state index contributed by atoms with van der Waals surface area (Å²) in [5.41, 5.74) is 3.83. The molecule has 0 spiro atoms. The monoisotopic (exact) mass is 600 g/mol. The lowest BCUT2D eigenvalue weighted by atomic mass is 9.97. The molecule has 0 aliphatic carbocycles. The number of imide groups is 1. The smallest absolute Gasteiger partial charge is 0.335 e. The van der Waals surface area contributed by atoms with Crippen molar-refractivity contribution in [2.24, 2.45) is 10.9 Å². The Bertz CT molecular complexity index is 1500. The van der Waals surface area contributed by atoms with Gasteiger partial charge in [-0.25, -0.2) is 23.9 Å². The van der Waals surface area contributed by atoms with Crippen molar-refractivity contribution in [1.82, 2.24) is 15.7 Å². The van der Waals surface area contributed by atoms with Crippen molar-refractivity contribution >= 4 is 35.3 Å². The number of amides is 3. The van der Waals surface area contributed by atoms with E-state index in [0.29, 0.717) is 28.0 Å². The molecule has 3 aromatic carbocycles. The van der Waals surface area contributed by atoms with Crippen LogP contribution in [0.4, 0.5) is 13.6 Å². The molecule has 0 saturated heterocycles. The largest absolute Gasteiger partial charge is 0.496 e. The maximum Gasteiger partial charge on any atom is 0.335 e. The first-order valence-electron chi connectivity index (χ1n) is 12.7. The number of aromatic carboxylic acids is 1. The van der Waals surface area contributed by atoms with Gasteiger partial charge in [0, 0.05) is 23.2 Å². The summed E-state index contributed by atoms with van der Waals surface area (Å²) in [7, 11) is 1.48. The predicted molar refractivity (Wildman–Crippen MR) is 150 cm³/mol. The van der Waals surface area contributed by atoms with Crippen LogP contribution >= 0.6 is 11.6 Å². The van der Waals surface area contributed by atoms with Gasteiger partial charge < -0.3 is 20.0 Å². The fourth-order valence-electron chi connectivity index (χ4n) is 4.32. The molecule has 0 saturated carbocycles. The zero-order valence-corrected chi connectivity index (χ0v) is 23.3. The fourth-order valence-corrected chi connectivity index (χ4v) is 4.52. The lowest BCUT2D eigenvalue weighted by molar-refractivity contribution is -0.131. The van der Waals surface area contributed by atoms with Crippen LogP contribution in [0.1, 0.15) is 34.5 Å². The van der Waals surface area contributed by atoms with E-state index in [1.807, 2.05) is 0 Å². The van der Waals surface area contributed by atoms with E-state index in [4.69, 9.17) is 26.3 Å². The second-order valence-corrected chi connectivity index (χ2v) is 9.91. The zero-order valence-electron chi connectivity index (χ0n) is 22.6. The van der Waals surface area contributed by atoms with E-state index in [1.54, 1.807) is 37.3 Å². The van der Waals surface area contributed by atoms with Gasteiger partial charge in [0.1, 0.15) is 17.4 Å². The highest BCUT2D eigenvalue weighted by atomic mass is 35.5. The van der Waals surface area contributed by atoms with Gasteiger partial charge in [-0.05, 0) is 54.8 Å². The highest BCUT2D eigenvalue weighted by molar-refractivity contribution is 6.30. The van der Waals surface area contributed by atoms with Crippen molar-refractivity contribution in [2.75, 3.05) is 20.2 Å². The number of hydroxylamine groups is 1. The number of methoxy groups -OCH3 is 1. The van der Waals surface area contributed by atoms with E-state index in [1.165, 1.54) is 19.2 Å². The number of carboxylic acids is 1. The first-order valence-corrected chi connectivity index (χ1v) is 13.1. The summed E-state index contributed by atoms with van der Waals surface area (Å²) in [5, 5.41) is 12.3. The van der Waals surface area contributed by atoms with Gasteiger partial charge in [-0.1, -0.05) is 23.7 Å². The van der Waals surface area contributed by atoms with Gasteiger partial charge in [-0.2, -0.15) is 0 Å². The van der Waals surface area contributed by atoms with E-state index < -0.39 is 41.5 Å². The molecule has 0 radical (unpaired) electrons. The van der Waals surface area contributed by atoms with Crippen molar-refractivity contribution in [3.05, 3.63) is 94.0 Å². The second-order valence-electron chi connectivity index (χ2n) is 9.48. The average Bonchev–Trinajstić information content (AvgIpc) is 3.10. The molecule has 1 aliphatic heterocycles. The van der Waals surface area contributed by atoms with Gasteiger partial charge in [0.05, 0.1) is 37.7 Å². The van der Waals surface area contributed by atoms with E-state index in [2.05, 4.69) is 15.8 Å². The topological polar surface area (TPSA) is 130 Å². The maximum atomic E-state index is 13.7. The molecule has 3 N–H and O–H groups in total. The average molecular weight is 601 g/mol. The number of amidine groups is 1. The Kier molecular flexibility index (Phi) is 9.58. The van der Waals surface area contributed by atoms with Crippen LogP contribution < -0.4 is 20.4 Å². The third kappa shape index (κ3) is 7.52. The number of halogens is 3. The molecule has 0 unspecified atom stereocenters. The van der Waals surface area contributed by atoms with E-state index in [9.17, 15) is 23.2 Å². The quantitative estimate of drug-likeness (QED) is 0.317. The summed E-state index contributed by atoms with van der Waals surface area (Å²) in [6.45, 7) is 1.29. The summed E-state index contributed by atoms with van der Waals surface area (Å²) in [6, 6.07) is 12.2. The number of carboxylic acid groups (broad SMARTS) is 1. The van der Waals surface area contributed by atoms with Crippen LogP contribution in [0, 0.1) is 17.6 Å². The number of aliphatic imine (C=N–C) groups is 1. The van der Waals surface area contributed by atoms with Gasteiger partial charge >= 0.3 is 12.0 Å². The molecule has 4 rings (SSSR count). The first-order chi connectivity index (χ1) is 20.0. The number of rotatable bonds is 8. The van der Waals surface area contributed by atoms with Crippen molar-refractivity contribution < 1.29 is 37.8 Å². The molecule has 0 bridgehead atoms. The van der Waals surface area contributed by atoms with Gasteiger partial charge in [-0.15, -0.1) is 0 Å². The number of carbonyl (C=O) groups excluding carboxylic acids is 2. The highest BCUT2D eigenvalue weighted by Gasteiger charge is 2.34. The zero-order chi connectivity index (χ0) is 30.4. The third-order valence-corrected chi connectivity index (χ3v) is 6.74.